The van der Waals surface area contributed by atoms with E-state index in [4.69, 9.17) is 10.2 Å². The quantitative estimate of drug-likeness (QED) is 0.525. The molecule has 0 unspecified atom stereocenters. The normalized spacial score (nSPS) is 10.8. The Bertz CT molecular complexity index is 225. The standard InChI is InChI=1S/C13H25NO4/c1-2-3-4-5-6-9-14(10-7-12(15)16)11-8-13(17)18/h2-11H2,1H3,(H,15,16)(H,17,18). The van der Waals surface area contributed by atoms with E-state index in [-0.39, 0.29) is 12.8 Å². The molecule has 0 aromatic rings. The fourth-order valence-corrected chi connectivity index (χ4v) is 1.78. The van der Waals surface area contributed by atoms with Gasteiger partial charge >= 0.3 is 11.9 Å². The van der Waals surface area contributed by atoms with E-state index in [9.17, 15) is 9.59 Å². The van der Waals surface area contributed by atoms with Gasteiger partial charge in [-0.2, -0.15) is 0 Å². The molecular weight excluding hydrogens is 234 g/mol. The first-order valence-corrected chi connectivity index (χ1v) is 6.72. The molecule has 0 heterocycles. The van der Waals surface area contributed by atoms with Gasteiger partial charge in [-0.1, -0.05) is 32.6 Å². The summed E-state index contributed by atoms with van der Waals surface area (Å²) in [6.07, 6.45) is 5.92. The minimum Gasteiger partial charge on any atom is -0.481 e. The third-order valence-electron chi connectivity index (χ3n) is 2.86. The number of carboxylic acids is 2. The highest BCUT2D eigenvalue weighted by atomic mass is 16.4. The van der Waals surface area contributed by atoms with Crippen LogP contribution in [0.4, 0.5) is 0 Å². The average molecular weight is 259 g/mol. The Kier molecular flexibility index (Phi) is 10.3. The van der Waals surface area contributed by atoms with E-state index in [2.05, 4.69) is 6.92 Å². The molecule has 0 aromatic heterocycles. The molecular formula is C13H25NO4. The Morgan fingerprint density at radius 2 is 1.33 bits per heavy atom. The molecule has 0 atom stereocenters. The number of carboxylic acid groups (broad SMARTS) is 2. The number of carbonyl (C=O) groups is 2. The lowest BCUT2D eigenvalue weighted by atomic mass is 10.1. The van der Waals surface area contributed by atoms with Gasteiger partial charge in [0.05, 0.1) is 12.8 Å². The maximum atomic E-state index is 10.5. The lowest BCUT2D eigenvalue weighted by Crippen LogP contribution is -2.30. The zero-order valence-electron chi connectivity index (χ0n) is 11.2. The first-order valence-electron chi connectivity index (χ1n) is 6.72. The molecule has 0 fully saturated rings. The van der Waals surface area contributed by atoms with Gasteiger partial charge in [0.1, 0.15) is 0 Å². The topological polar surface area (TPSA) is 77.8 Å². The van der Waals surface area contributed by atoms with Crippen molar-refractivity contribution in [3.63, 3.8) is 0 Å². The fraction of sp³-hybridized carbons (Fsp3) is 0.846. The Hall–Kier alpha value is -1.10. The summed E-state index contributed by atoms with van der Waals surface area (Å²) in [6.45, 7) is 3.84. The summed E-state index contributed by atoms with van der Waals surface area (Å²) in [6, 6.07) is 0. The second-order valence-electron chi connectivity index (χ2n) is 4.54. The smallest absolute Gasteiger partial charge is 0.304 e. The second-order valence-corrected chi connectivity index (χ2v) is 4.54. The predicted molar refractivity (Wildman–Crippen MR) is 69.7 cm³/mol. The number of unbranched alkanes of at least 4 members (excludes halogenated alkanes) is 4. The van der Waals surface area contributed by atoms with E-state index in [1.165, 1.54) is 19.3 Å². The SMILES string of the molecule is CCCCCCCN(CCC(=O)O)CCC(=O)O. The molecule has 0 rings (SSSR count). The van der Waals surface area contributed by atoms with Crippen molar-refractivity contribution in [1.82, 2.24) is 4.90 Å². The maximum absolute atomic E-state index is 10.5. The highest BCUT2D eigenvalue weighted by Crippen LogP contribution is 2.05. The Balaban J connectivity index is 3.80. The minimum atomic E-state index is -0.832. The van der Waals surface area contributed by atoms with Gasteiger partial charge in [0.2, 0.25) is 0 Å². The molecule has 0 radical (unpaired) electrons. The van der Waals surface area contributed by atoms with Crippen LogP contribution in [-0.4, -0.2) is 46.7 Å². The van der Waals surface area contributed by atoms with Crippen molar-refractivity contribution in [2.45, 2.75) is 51.9 Å². The Labute approximate surface area is 109 Å². The van der Waals surface area contributed by atoms with Crippen LogP contribution < -0.4 is 0 Å². The van der Waals surface area contributed by atoms with Crippen molar-refractivity contribution in [2.75, 3.05) is 19.6 Å². The molecule has 5 nitrogen and oxygen atoms in total. The number of rotatable bonds is 12. The first kappa shape index (κ1) is 16.9. The first-order chi connectivity index (χ1) is 8.56. The van der Waals surface area contributed by atoms with E-state index in [1.807, 2.05) is 4.90 Å². The molecule has 2 N–H and O–H groups in total. The molecule has 18 heavy (non-hydrogen) atoms. The highest BCUT2D eigenvalue weighted by molar-refractivity contribution is 5.67. The van der Waals surface area contributed by atoms with Crippen LogP contribution in [0.1, 0.15) is 51.9 Å². The van der Waals surface area contributed by atoms with Gasteiger partial charge in [0.25, 0.3) is 0 Å². The van der Waals surface area contributed by atoms with Crippen LogP contribution in [0.15, 0.2) is 0 Å². The van der Waals surface area contributed by atoms with Crippen LogP contribution >= 0.6 is 0 Å². The van der Waals surface area contributed by atoms with Crippen molar-refractivity contribution >= 4 is 11.9 Å². The summed E-state index contributed by atoms with van der Waals surface area (Å²) in [5, 5.41) is 17.3. The molecule has 5 heteroatoms. The van der Waals surface area contributed by atoms with E-state index < -0.39 is 11.9 Å². The van der Waals surface area contributed by atoms with Gasteiger partial charge in [-0.25, -0.2) is 0 Å². The second kappa shape index (κ2) is 11.0. The lowest BCUT2D eigenvalue weighted by Gasteiger charge is -2.20. The van der Waals surface area contributed by atoms with E-state index >= 15 is 0 Å². The largest absolute Gasteiger partial charge is 0.481 e. The van der Waals surface area contributed by atoms with Crippen molar-refractivity contribution in [1.29, 1.82) is 0 Å². The van der Waals surface area contributed by atoms with Crippen LogP contribution in [0, 0.1) is 0 Å². The highest BCUT2D eigenvalue weighted by Gasteiger charge is 2.09. The number of aliphatic carboxylic acids is 2. The molecule has 0 amide bonds. The molecule has 0 spiro atoms. The molecule has 0 bridgehead atoms. The Morgan fingerprint density at radius 3 is 1.78 bits per heavy atom. The summed E-state index contributed by atoms with van der Waals surface area (Å²) in [5.41, 5.74) is 0. The molecule has 0 aliphatic carbocycles. The number of hydrogen-bond acceptors (Lipinski definition) is 3. The summed E-state index contributed by atoms with van der Waals surface area (Å²) < 4.78 is 0. The van der Waals surface area contributed by atoms with Gasteiger partial charge in [-0.05, 0) is 13.0 Å². The lowest BCUT2D eigenvalue weighted by molar-refractivity contribution is -0.137. The predicted octanol–water partition coefficient (Wildman–Crippen LogP) is 2.21. The summed E-state index contributed by atoms with van der Waals surface area (Å²) in [5.74, 6) is -1.66. The third kappa shape index (κ3) is 11.4. The molecule has 0 aliphatic heterocycles. The van der Waals surface area contributed by atoms with Crippen molar-refractivity contribution in [3.05, 3.63) is 0 Å². The number of hydrogen-bond donors (Lipinski definition) is 2. The summed E-state index contributed by atoms with van der Waals surface area (Å²) >= 11 is 0. The molecule has 106 valence electrons. The average Bonchev–Trinajstić information content (AvgIpc) is 2.30. The molecule has 0 aromatic carbocycles. The summed E-state index contributed by atoms with van der Waals surface area (Å²) in [4.78, 5) is 23.0. The molecule has 0 saturated carbocycles. The maximum Gasteiger partial charge on any atom is 0.304 e. The fourth-order valence-electron chi connectivity index (χ4n) is 1.78. The van der Waals surface area contributed by atoms with Crippen LogP contribution in [0.5, 0.6) is 0 Å². The van der Waals surface area contributed by atoms with Gasteiger partial charge < -0.3 is 15.1 Å². The number of nitrogens with zero attached hydrogens (tertiary/aromatic N) is 1. The van der Waals surface area contributed by atoms with Crippen LogP contribution in [0.3, 0.4) is 0 Å². The molecule has 0 saturated heterocycles. The van der Waals surface area contributed by atoms with Crippen molar-refractivity contribution in [3.8, 4) is 0 Å². The van der Waals surface area contributed by atoms with Crippen molar-refractivity contribution in [2.24, 2.45) is 0 Å². The zero-order valence-corrected chi connectivity index (χ0v) is 11.2. The Morgan fingerprint density at radius 1 is 0.833 bits per heavy atom. The van der Waals surface area contributed by atoms with Crippen LogP contribution in [-0.2, 0) is 9.59 Å². The van der Waals surface area contributed by atoms with Gasteiger partial charge in [0, 0.05) is 13.1 Å². The zero-order chi connectivity index (χ0) is 13.8. The van der Waals surface area contributed by atoms with Crippen LogP contribution in [0.25, 0.3) is 0 Å². The van der Waals surface area contributed by atoms with Gasteiger partial charge in [-0.15, -0.1) is 0 Å². The molecule has 0 aliphatic rings. The van der Waals surface area contributed by atoms with Gasteiger partial charge in [-0.3, -0.25) is 9.59 Å². The third-order valence-corrected chi connectivity index (χ3v) is 2.86. The van der Waals surface area contributed by atoms with Crippen molar-refractivity contribution < 1.29 is 19.8 Å². The van der Waals surface area contributed by atoms with E-state index in [0.29, 0.717) is 13.1 Å². The minimum absolute atomic E-state index is 0.0780. The van der Waals surface area contributed by atoms with Crippen LogP contribution in [0.2, 0.25) is 0 Å². The van der Waals surface area contributed by atoms with E-state index in [0.717, 1.165) is 19.4 Å². The monoisotopic (exact) mass is 259 g/mol. The van der Waals surface area contributed by atoms with E-state index in [1.54, 1.807) is 0 Å². The van der Waals surface area contributed by atoms with Gasteiger partial charge in [0.15, 0.2) is 0 Å². The summed E-state index contributed by atoms with van der Waals surface area (Å²) in [7, 11) is 0.